The number of ether oxygens (including phenoxy) is 1. The van der Waals surface area contributed by atoms with Crippen LogP contribution < -0.4 is 10.1 Å². The molecule has 1 atom stereocenters. The van der Waals surface area contributed by atoms with E-state index in [1.54, 1.807) is 7.11 Å². The Bertz CT molecular complexity index is 374. The van der Waals surface area contributed by atoms with Gasteiger partial charge in [-0.05, 0) is 24.6 Å². The molecule has 1 aromatic carbocycles. The van der Waals surface area contributed by atoms with Crippen molar-refractivity contribution in [3.05, 3.63) is 29.8 Å². The summed E-state index contributed by atoms with van der Waals surface area (Å²) < 4.78 is 5.17. The summed E-state index contributed by atoms with van der Waals surface area (Å²) in [6, 6.07) is 7.98. The van der Waals surface area contributed by atoms with Gasteiger partial charge in [-0.2, -0.15) is 0 Å². The Morgan fingerprint density at radius 2 is 1.89 bits per heavy atom. The molecule has 0 spiro atoms. The van der Waals surface area contributed by atoms with Gasteiger partial charge >= 0.3 is 0 Å². The molecule has 1 saturated heterocycles. The van der Waals surface area contributed by atoms with Gasteiger partial charge < -0.3 is 15.2 Å². The minimum atomic E-state index is -0.311. The fourth-order valence-electron chi connectivity index (χ4n) is 2.48. The highest BCUT2D eigenvalue weighted by molar-refractivity contribution is 5.32. The van der Waals surface area contributed by atoms with Crippen molar-refractivity contribution in [2.75, 3.05) is 39.9 Å². The minimum Gasteiger partial charge on any atom is -0.497 e. The lowest BCUT2D eigenvalue weighted by molar-refractivity contribution is 0.0311. The van der Waals surface area contributed by atoms with E-state index in [0.717, 1.165) is 37.5 Å². The Kier molecular flexibility index (Phi) is 4.22. The molecule has 4 nitrogen and oxygen atoms in total. The van der Waals surface area contributed by atoms with Gasteiger partial charge in [0.25, 0.3) is 0 Å². The largest absolute Gasteiger partial charge is 0.497 e. The van der Waals surface area contributed by atoms with Crippen LogP contribution in [0, 0.1) is 0 Å². The van der Waals surface area contributed by atoms with Crippen molar-refractivity contribution < 1.29 is 9.84 Å². The Hall–Kier alpha value is -1.10. The Balaban J connectivity index is 2.23. The average Bonchev–Trinajstić information content (AvgIpc) is 2.47. The van der Waals surface area contributed by atoms with E-state index in [9.17, 15) is 5.11 Å². The van der Waals surface area contributed by atoms with Crippen LogP contribution in [0.5, 0.6) is 5.75 Å². The van der Waals surface area contributed by atoms with E-state index in [1.807, 2.05) is 24.3 Å². The SMILES string of the molecule is COc1ccc(C(C)(CO)N2CCNCC2)cc1. The zero-order chi connectivity index (χ0) is 13.0. The van der Waals surface area contributed by atoms with Crippen LogP contribution in [0.4, 0.5) is 0 Å². The first-order valence-electron chi connectivity index (χ1n) is 6.42. The van der Waals surface area contributed by atoms with E-state index in [1.165, 1.54) is 0 Å². The summed E-state index contributed by atoms with van der Waals surface area (Å²) in [6.45, 7) is 6.10. The number of aliphatic hydroxyl groups excluding tert-OH is 1. The van der Waals surface area contributed by atoms with Crippen molar-refractivity contribution in [1.29, 1.82) is 0 Å². The highest BCUT2D eigenvalue weighted by Crippen LogP contribution is 2.29. The number of methoxy groups -OCH3 is 1. The molecular formula is C14H22N2O2. The molecule has 100 valence electrons. The molecule has 4 heteroatoms. The number of nitrogens with one attached hydrogen (secondary N) is 1. The van der Waals surface area contributed by atoms with Gasteiger partial charge in [-0.3, -0.25) is 4.90 Å². The third-order valence-electron chi connectivity index (χ3n) is 3.83. The predicted octanol–water partition coefficient (Wildman–Crippen LogP) is 0.808. The van der Waals surface area contributed by atoms with E-state index in [-0.39, 0.29) is 12.1 Å². The highest BCUT2D eigenvalue weighted by atomic mass is 16.5. The van der Waals surface area contributed by atoms with Crippen LogP contribution in [0.3, 0.4) is 0 Å². The molecule has 1 heterocycles. The van der Waals surface area contributed by atoms with Crippen LogP contribution in [0.1, 0.15) is 12.5 Å². The quantitative estimate of drug-likeness (QED) is 0.830. The number of benzene rings is 1. The van der Waals surface area contributed by atoms with Gasteiger partial charge in [0.15, 0.2) is 0 Å². The zero-order valence-electron chi connectivity index (χ0n) is 11.1. The van der Waals surface area contributed by atoms with Crippen LogP contribution in [0.2, 0.25) is 0 Å². The lowest BCUT2D eigenvalue weighted by atomic mass is 9.90. The third-order valence-corrected chi connectivity index (χ3v) is 3.83. The standard InChI is InChI=1S/C14H22N2O2/c1-14(11-17,16-9-7-15-8-10-16)12-3-5-13(18-2)6-4-12/h3-6,15,17H,7-11H2,1-2H3. The first-order valence-corrected chi connectivity index (χ1v) is 6.42. The van der Waals surface area contributed by atoms with Gasteiger partial charge in [0.2, 0.25) is 0 Å². The highest BCUT2D eigenvalue weighted by Gasteiger charge is 2.33. The van der Waals surface area contributed by atoms with Crippen molar-refractivity contribution in [2.45, 2.75) is 12.5 Å². The normalized spacial score (nSPS) is 20.4. The van der Waals surface area contributed by atoms with Crippen LogP contribution in [0.25, 0.3) is 0 Å². The van der Waals surface area contributed by atoms with Crippen molar-refractivity contribution >= 4 is 0 Å². The molecule has 0 aromatic heterocycles. The van der Waals surface area contributed by atoms with Crippen LogP contribution in [-0.4, -0.2) is 49.9 Å². The second kappa shape index (κ2) is 5.69. The fraction of sp³-hybridized carbons (Fsp3) is 0.571. The Morgan fingerprint density at radius 3 is 2.39 bits per heavy atom. The second-order valence-electron chi connectivity index (χ2n) is 4.90. The second-order valence-corrected chi connectivity index (χ2v) is 4.90. The van der Waals surface area contributed by atoms with Gasteiger partial charge in [-0.25, -0.2) is 0 Å². The van der Waals surface area contributed by atoms with Crippen molar-refractivity contribution in [3.63, 3.8) is 0 Å². The topological polar surface area (TPSA) is 44.7 Å². The number of piperazine rings is 1. The number of aliphatic hydroxyl groups is 1. The number of nitrogens with zero attached hydrogens (tertiary/aromatic N) is 1. The molecule has 0 radical (unpaired) electrons. The number of hydrogen-bond acceptors (Lipinski definition) is 4. The zero-order valence-corrected chi connectivity index (χ0v) is 11.1. The third kappa shape index (κ3) is 2.51. The molecule has 2 N–H and O–H groups in total. The van der Waals surface area contributed by atoms with Crippen LogP contribution >= 0.6 is 0 Å². The lowest BCUT2D eigenvalue weighted by Gasteiger charge is -2.43. The van der Waals surface area contributed by atoms with E-state index in [0.29, 0.717) is 0 Å². The molecule has 18 heavy (non-hydrogen) atoms. The maximum atomic E-state index is 9.82. The Labute approximate surface area is 109 Å². The van der Waals surface area contributed by atoms with Crippen molar-refractivity contribution in [1.82, 2.24) is 10.2 Å². The van der Waals surface area contributed by atoms with E-state index < -0.39 is 0 Å². The molecule has 1 aliphatic heterocycles. The van der Waals surface area contributed by atoms with Crippen LogP contribution in [-0.2, 0) is 5.54 Å². The van der Waals surface area contributed by atoms with E-state index in [4.69, 9.17) is 4.74 Å². The average molecular weight is 250 g/mol. The van der Waals surface area contributed by atoms with Crippen molar-refractivity contribution in [3.8, 4) is 5.75 Å². The molecule has 0 saturated carbocycles. The molecule has 1 aliphatic rings. The lowest BCUT2D eigenvalue weighted by Crippen LogP contribution is -2.54. The fourth-order valence-corrected chi connectivity index (χ4v) is 2.48. The van der Waals surface area contributed by atoms with Crippen LogP contribution in [0.15, 0.2) is 24.3 Å². The first-order chi connectivity index (χ1) is 8.70. The molecule has 0 bridgehead atoms. The summed E-state index contributed by atoms with van der Waals surface area (Å²) in [4.78, 5) is 2.34. The summed E-state index contributed by atoms with van der Waals surface area (Å²) in [6.07, 6.45) is 0. The molecule has 1 unspecified atom stereocenters. The maximum Gasteiger partial charge on any atom is 0.118 e. The summed E-state index contributed by atoms with van der Waals surface area (Å²) >= 11 is 0. The summed E-state index contributed by atoms with van der Waals surface area (Å²) in [5.41, 5.74) is 0.821. The monoisotopic (exact) mass is 250 g/mol. The van der Waals surface area contributed by atoms with E-state index in [2.05, 4.69) is 17.1 Å². The molecule has 1 aromatic rings. The maximum absolute atomic E-state index is 9.82. The summed E-state index contributed by atoms with van der Waals surface area (Å²) in [5, 5.41) is 13.2. The smallest absolute Gasteiger partial charge is 0.118 e. The van der Waals surface area contributed by atoms with E-state index >= 15 is 0 Å². The Morgan fingerprint density at radius 1 is 1.28 bits per heavy atom. The summed E-state index contributed by atoms with van der Waals surface area (Å²) in [7, 11) is 1.66. The first kappa shape index (κ1) is 13.3. The molecule has 2 rings (SSSR count). The van der Waals surface area contributed by atoms with Gasteiger partial charge in [-0.1, -0.05) is 12.1 Å². The molecule has 1 fully saturated rings. The van der Waals surface area contributed by atoms with Gasteiger partial charge in [0.05, 0.1) is 19.3 Å². The number of rotatable bonds is 4. The molecule has 0 aliphatic carbocycles. The molecule has 0 amide bonds. The minimum absolute atomic E-state index is 0.124. The van der Waals surface area contributed by atoms with Crippen molar-refractivity contribution in [2.24, 2.45) is 0 Å². The predicted molar refractivity (Wildman–Crippen MR) is 71.9 cm³/mol. The summed E-state index contributed by atoms with van der Waals surface area (Å²) in [5.74, 6) is 0.847. The van der Waals surface area contributed by atoms with Gasteiger partial charge in [-0.15, -0.1) is 0 Å². The van der Waals surface area contributed by atoms with Gasteiger partial charge in [0, 0.05) is 26.2 Å². The van der Waals surface area contributed by atoms with Gasteiger partial charge in [0.1, 0.15) is 5.75 Å². The number of hydrogen-bond donors (Lipinski definition) is 2. The molecular weight excluding hydrogens is 228 g/mol.